The van der Waals surface area contributed by atoms with Crippen LogP contribution in [0.25, 0.3) is 0 Å². The number of carbonyl (C=O) groups excluding carboxylic acids is 2. The summed E-state index contributed by atoms with van der Waals surface area (Å²) in [5, 5.41) is 8.01. The minimum absolute atomic E-state index is 0.279. The van der Waals surface area contributed by atoms with E-state index in [1.165, 1.54) is 24.3 Å². The van der Waals surface area contributed by atoms with Crippen LogP contribution in [-0.2, 0) is 4.79 Å². The molecule has 0 bridgehead atoms. The maximum absolute atomic E-state index is 13.0. The quantitative estimate of drug-likeness (QED) is 0.778. The fourth-order valence-electron chi connectivity index (χ4n) is 1.69. The van der Waals surface area contributed by atoms with Gasteiger partial charge in [-0.05, 0) is 36.4 Å². The number of hydrogen-bond donors (Lipinski definition) is 3. The molecule has 0 aromatic heterocycles. The van der Waals surface area contributed by atoms with E-state index in [2.05, 4.69) is 16.0 Å². The number of amides is 3. The van der Waals surface area contributed by atoms with Gasteiger partial charge in [0.15, 0.2) is 0 Å². The Bertz CT molecular complexity index is 740. The van der Waals surface area contributed by atoms with Crippen molar-refractivity contribution in [2.75, 3.05) is 17.2 Å². The first kappa shape index (κ1) is 17.1. The summed E-state index contributed by atoms with van der Waals surface area (Å²) in [6, 6.07) is 9.38. The van der Waals surface area contributed by atoms with Crippen molar-refractivity contribution in [3.63, 3.8) is 0 Å². The van der Waals surface area contributed by atoms with Gasteiger partial charge < -0.3 is 16.0 Å². The maximum atomic E-state index is 13.0. The third-order valence-corrected chi connectivity index (χ3v) is 3.26. The lowest BCUT2D eigenvalue weighted by atomic mass is 10.3. The summed E-state index contributed by atoms with van der Waals surface area (Å²) in [4.78, 5) is 23.4. The molecule has 0 spiro atoms. The molecule has 3 amide bonds. The average Bonchev–Trinajstić information content (AvgIpc) is 2.49. The summed E-state index contributed by atoms with van der Waals surface area (Å²) >= 11 is 11.7. The Kier molecular flexibility index (Phi) is 5.78. The Morgan fingerprint density at radius 3 is 2.57 bits per heavy atom. The Morgan fingerprint density at radius 2 is 1.83 bits per heavy atom. The highest BCUT2D eigenvalue weighted by atomic mass is 35.5. The van der Waals surface area contributed by atoms with Crippen LogP contribution in [0.15, 0.2) is 42.5 Å². The van der Waals surface area contributed by atoms with Crippen LogP contribution in [0.4, 0.5) is 20.6 Å². The Morgan fingerprint density at radius 1 is 1.04 bits per heavy atom. The summed E-state index contributed by atoms with van der Waals surface area (Å²) < 4.78 is 13.0. The van der Waals surface area contributed by atoms with Gasteiger partial charge in [0.25, 0.3) is 0 Å². The van der Waals surface area contributed by atoms with Crippen molar-refractivity contribution in [2.24, 2.45) is 0 Å². The smallest absolute Gasteiger partial charge is 0.319 e. The molecular weight excluding hydrogens is 344 g/mol. The molecule has 0 aliphatic rings. The molecule has 0 fully saturated rings. The summed E-state index contributed by atoms with van der Waals surface area (Å²) in [6.07, 6.45) is 0. The maximum Gasteiger partial charge on any atom is 0.319 e. The second-order valence-electron chi connectivity index (χ2n) is 4.49. The van der Waals surface area contributed by atoms with Gasteiger partial charge in [0.2, 0.25) is 5.91 Å². The molecule has 0 unspecified atom stereocenters. The van der Waals surface area contributed by atoms with Gasteiger partial charge in [0.05, 0.1) is 17.3 Å². The van der Waals surface area contributed by atoms with E-state index in [9.17, 15) is 14.0 Å². The fraction of sp³-hybridized carbons (Fsp3) is 0.0667. The standard InChI is InChI=1S/C15H12Cl2FN3O2/c16-9-4-5-12(17)13(6-9)21-14(22)8-19-15(23)20-11-3-1-2-10(18)7-11/h1-7H,8H2,(H,21,22)(H2,19,20,23). The van der Waals surface area contributed by atoms with E-state index in [0.29, 0.717) is 15.7 Å². The van der Waals surface area contributed by atoms with Crippen molar-refractivity contribution in [3.05, 3.63) is 58.3 Å². The monoisotopic (exact) mass is 355 g/mol. The number of anilines is 2. The van der Waals surface area contributed by atoms with E-state index in [1.54, 1.807) is 12.1 Å². The third kappa shape index (κ3) is 5.43. The van der Waals surface area contributed by atoms with E-state index in [4.69, 9.17) is 23.2 Å². The predicted octanol–water partition coefficient (Wildman–Crippen LogP) is 3.89. The molecule has 120 valence electrons. The zero-order valence-electron chi connectivity index (χ0n) is 11.7. The van der Waals surface area contributed by atoms with Crippen molar-refractivity contribution in [1.82, 2.24) is 5.32 Å². The average molecular weight is 356 g/mol. The summed E-state index contributed by atoms with van der Waals surface area (Å²) in [5.74, 6) is -0.959. The predicted molar refractivity (Wildman–Crippen MR) is 88.5 cm³/mol. The Labute approximate surface area is 141 Å². The normalized spacial score (nSPS) is 10.0. The number of rotatable bonds is 4. The van der Waals surface area contributed by atoms with Gasteiger partial charge in [-0.2, -0.15) is 0 Å². The van der Waals surface area contributed by atoms with Crippen LogP contribution in [0.3, 0.4) is 0 Å². The zero-order valence-corrected chi connectivity index (χ0v) is 13.2. The molecule has 23 heavy (non-hydrogen) atoms. The second-order valence-corrected chi connectivity index (χ2v) is 5.33. The molecule has 0 aliphatic heterocycles. The summed E-state index contributed by atoms with van der Waals surface area (Å²) in [6.45, 7) is -0.288. The van der Waals surface area contributed by atoms with Gasteiger partial charge in [-0.15, -0.1) is 0 Å². The minimum Gasteiger partial charge on any atom is -0.329 e. The topological polar surface area (TPSA) is 70.2 Å². The number of halogens is 3. The molecule has 2 aromatic rings. The van der Waals surface area contributed by atoms with Gasteiger partial charge in [-0.25, -0.2) is 9.18 Å². The van der Waals surface area contributed by atoms with Crippen LogP contribution < -0.4 is 16.0 Å². The molecule has 5 nitrogen and oxygen atoms in total. The first-order valence-electron chi connectivity index (χ1n) is 6.49. The molecule has 2 aromatic carbocycles. The van der Waals surface area contributed by atoms with Crippen LogP contribution in [0.5, 0.6) is 0 Å². The van der Waals surface area contributed by atoms with Crippen molar-refractivity contribution < 1.29 is 14.0 Å². The number of nitrogens with one attached hydrogen (secondary N) is 3. The molecule has 8 heteroatoms. The largest absolute Gasteiger partial charge is 0.329 e. The first-order chi connectivity index (χ1) is 10.9. The molecule has 0 saturated heterocycles. The molecular formula is C15H12Cl2FN3O2. The molecule has 0 atom stereocenters. The van der Waals surface area contributed by atoms with Crippen molar-refractivity contribution in [1.29, 1.82) is 0 Å². The summed E-state index contributed by atoms with van der Waals surface area (Å²) in [7, 11) is 0. The van der Waals surface area contributed by atoms with Gasteiger partial charge in [-0.1, -0.05) is 29.3 Å². The Hall–Kier alpha value is -2.31. The van der Waals surface area contributed by atoms with Crippen LogP contribution in [0.2, 0.25) is 10.0 Å². The highest BCUT2D eigenvalue weighted by molar-refractivity contribution is 6.35. The minimum atomic E-state index is -0.636. The van der Waals surface area contributed by atoms with E-state index < -0.39 is 17.8 Å². The highest BCUT2D eigenvalue weighted by Gasteiger charge is 2.09. The molecule has 2 rings (SSSR count). The van der Waals surface area contributed by atoms with Crippen LogP contribution in [0, 0.1) is 5.82 Å². The highest BCUT2D eigenvalue weighted by Crippen LogP contribution is 2.25. The van der Waals surface area contributed by atoms with E-state index >= 15 is 0 Å². The number of benzene rings is 2. The van der Waals surface area contributed by atoms with Crippen molar-refractivity contribution in [3.8, 4) is 0 Å². The van der Waals surface area contributed by atoms with Gasteiger partial charge in [0.1, 0.15) is 5.82 Å². The van der Waals surface area contributed by atoms with E-state index in [1.807, 2.05) is 0 Å². The summed E-state index contributed by atoms with van der Waals surface area (Å²) in [5.41, 5.74) is 0.622. The SMILES string of the molecule is O=C(CNC(=O)Nc1cccc(F)c1)Nc1cc(Cl)ccc1Cl. The molecule has 0 radical (unpaired) electrons. The second kappa shape index (κ2) is 7.80. The van der Waals surface area contributed by atoms with Gasteiger partial charge >= 0.3 is 6.03 Å². The first-order valence-corrected chi connectivity index (χ1v) is 7.25. The number of hydrogen-bond acceptors (Lipinski definition) is 2. The van der Waals surface area contributed by atoms with Crippen molar-refractivity contribution >= 4 is 46.5 Å². The lowest BCUT2D eigenvalue weighted by Crippen LogP contribution is -2.35. The molecule has 0 heterocycles. The van der Waals surface area contributed by atoms with E-state index in [0.717, 1.165) is 6.07 Å². The molecule has 3 N–H and O–H groups in total. The van der Waals surface area contributed by atoms with Gasteiger partial charge in [-0.3, -0.25) is 4.79 Å². The molecule has 0 saturated carbocycles. The van der Waals surface area contributed by atoms with Crippen LogP contribution in [0.1, 0.15) is 0 Å². The van der Waals surface area contributed by atoms with Crippen LogP contribution >= 0.6 is 23.2 Å². The molecule has 0 aliphatic carbocycles. The number of carbonyl (C=O) groups is 2. The van der Waals surface area contributed by atoms with Gasteiger partial charge in [0, 0.05) is 10.7 Å². The number of urea groups is 1. The Balaban J connectivity index is 1.84. The van der Waals surface area contributed by atoms with Crippen molar-refractivity contribution in [2.45, 2.75) is 0 Å². The lowest BCUT2D eigenvalue weighted by molar-refractivity contribution is -0.115. The lowest BCUT2D eigenvalue weighted by Gasteiger charge is -2.09. The van der Waals surface area contributed by atoms with E-state index in [-0.39, 0.29) is 12.2 Å². The van der Waals surface area contributed by atoms with Crippen LogP contribution in [-0.4, -0.2) is 18.5 Å². The third-order valence-electron chi connectivity index (χ3n) is 2.69. The zero-order chi connectivity index (χ0) is 16.8. The fourth-order valence-corrected chi connectivity index (χ4v) is 2.03.